The summed E-state index contributed by atoms with van der Waals surface area (Å²) in [5.74, 6) is -4.78. The minimum absolute atomic E-state index is 0.333. The number of aliphatic hydroxyl groups excluding tert-OH is 14. The fourth-order valence-corrected chi connectivity index (χ4v) is 52.8. The Bertz CT molecular complexity index is 1510. The van der Waals surface area contributed by atoms with E-state index in [0.717, 1.165) is 154 Å². The number of unbranched alkanes of at least 4 members (excludes halogenated alkanes) is 20. The van der Waals surface area contributed by atoms with Crippen LogP contribution in [-0.2, 0) is 36.0 Å². The van der Waals surface area contributed by atoms with Crippen LogP contribution in [0.3, 0.4) is 0 Å². The van der Waals surface area contributed by atoms with Gasteiger partial charge in [0.15, 0.2) is 0 Å². The van der Waals surface area contributed by atoms with Crippen LogP contribution < -0.4 is 0 Å². The molecule has 23 nitrogen and oxygen atoms in total. The van der Waals surface area contributed by atoms with Crippen molar-refractivity contribution in [3.05, 3.63) is 0 Å². The van der Waals surface area contributed by atoms with Crippen molar-refractivity contribution < 1.29 is 107 Å². The molecular formula is C56H110O23Sn2. The van der Waals surface area contributed by atoms with E-state index in [1.807, 2.05) is 0 Å². The first-order valence-corrected chi connectivity index (χ1v) is 43.8. The van der Waals surface area contributed by atoms with Crippen LogP contribution in [0.4, 0.5) is 0 Å². The predicted octanol–water partition coefficient (Wildman–Crippen LogP) is 2.61. The fraction of sp³-hybridized carbons (Fsp3) is 1.00. The summed E-state index contributed by atoms with van der Waals surface area (Å²) < 4.78 is 60.5. The Hall–Kier alpha value is 0.677. The Morgan fingerprint density at radius 1 is 0.346 bits per heavy atom. The molecule has 0 aliphatic carbocycles. The van der Waals surface area contributed by atoms with Crippen LogP contribution in [-0.4, -0.2) is 259 Å². The van der Waals surface area contributed by atoms with E-state index in [0.29, 0.717) is 17.7 Å². The molecule has 4 aliphatic rings. The van der Waals surface area contributed by atoms with Gasteiger partial charge in [0, 0.05) is 0 Å². The van der Waals surface area contributed by atoms with Gasteiger partial charge in [-0.25, -0.2) is 0 Å². The molecule has 0 amide bonds. The van der Waals surface area contributed by atoms with Crippen LogP contribution in [0.1, 0.15) is 182 Å². The van der Waals surface area contributed by atoms with Gasteiger partial charge in [-0.3, -0.25) is 0 Å². The van der Waals surface area contributed by atoms with Crippen LogP contribution in [0.25, 0.3) is 0 Å². The number of ether oxygens (including phenoxy) is 6. The number of aliphatic hydroxyl groups is 14. The van der Waals surface area contributed by atoms with E-state index in [1.165, 1.54) is 0 Å². The SMILES string of the molecule is CCCCCCC[CH2][Sn]([CH2]CCCCCCC)([O]C[C@H]1O[C@H](O[C@]2(CO)O[C@H](CO)[C@@H](O)[C@@H]2O)[C@H](O)[C@@H](O)[C@@H]1O)[O][Sn]([CH2]CCCCCCC)([CH2]CCCCCCC)[O]C[C@H]1O[C@H](O[C@]2(CO)O[C@H](CO)[C@@H](O)[C@@H]2O)[C@H](O)[C@@H](O)[C@@H]1O. The zero-order chi connectivity index (χ0) is 59.6. The molecule has 0 saturated carbocycles. The van der Waals surface area contributed by atoms with Crippen molar-refractivity contribution in [2.24, 2.45) is 0 Å². The van der Waals surface area contributed by atoms with Crippen molar-refractivity contribution in [3.63, 3.8) is 0 Å². The van der Waals surface area contributed by atoms with Crippen molar-refractivity contribution >= 4 is 38.4 Å². The standard InChI is InChI=1S/2C12H21O11.4C8H17.O.2Sn/c2*13-1-4-6(16)8(18)9(19)11(21-4)23-12(3-15)10(20)7(17)5(2-14)22-12;4*1-3-5-7-8-6-4-2;;;/h2*4-11,14-20H,1-3H2;4*1,3-8H2,2H3;;;/q2*-1;;;;;;2*+1/t2*4-,5-,6-,7-,8+,9-,10+,11-,12+;;;;;;;/m11......./s1. The average Bonchev–Trinajstić information content (AvgIpc) is 4.15. The van der Waals surface area contributed by atoms with Gasteiger partial charge in [-0.2, -0.15) is 0 Å². The third kappa shape index (κ3) is 21.4. The summed E-state index contributed by atoms with van der Waals surface area (Å²) in [4.78, 5) is 0. The normalized spacial score (nSPS) is 34.9. The molecule has 4 rings (SSSR count). The molecule has 0 aromatic carbocycles. The molecule has 14 N–H and O–H groups in total. The second kappa shape index (κ2) is 38.3. The maximum atomic E-state index is 11.7. The number of hydrogen-bond acceptors (Lipinski definition) is 23. The van der Waals surface area contributed by atoms with Crippen molar-refractivity contribution in [1.29, 1.82) is 0 Å². The van der Waals surface area contributed by atoms with Crippen LogP contribution >= 0.6 is 0 Å². The topological polar surface area (TPSA) is 366 Å². The first-order valence-electron chi connectivity index (χ1n) is 31.1. The Morgan fingerprint density at radius 3 is 0.889 bits per heavy atom. The summed E-state index contributed by atoms with van der Waals surface area (Å²) in [6, 6.07) is 0. The van der Waals surface area contributed by atoms with Gasteiger partial charge in [0.2, 0.25) is 0 Å². The molecule has 4 fully saturated rings. The molecule has 0 spiro atoms. The third-order valence-corrected chi connectivity index (χ3v) is 49.9. The summed E-state index contributed by atoms with van der Waals surface area (Å²) in [5, 5.41) is 153. The fourth-order valence-electron chi connectivity index (χ4n) is 11.5. The van der Waals surface area contributed by atoms with Gasteiger partial charge in [0.25, 0.3) is 0 Å². The van der Waals surface area contributed by atoms with Gasteiger partial charge in [-0.05, 0) is 0 Å². The van der Waals surface area contributed by atoms with Crippen LogP contribution in [0, 0.1) is 0 Å². The molecular weight excluding hydrogens is 1280 g/mol. The Labute approximate surface area is 491 Å². The van der Waals surface area contributed by atoms with Gasteiger partial charge in [-0.15, -0.1) is 0 Å². The molecule has 4 aliphatic heterocycles. The van der Waals surface area contributed by atoms with E-state index in [4.69, 9.17) is 36.0 Å². The molecule has 0 bridgehead atoms. The Morgan fingerprint density at radius 2 is 0.630 bits per heavy atom. The van der Waals surface area contributed by atoms with E-state index in [1.54, 1.807) is 0 Å². The summed E-state index contributed by atoms with van der Waals surface area (Å²) in [6.07, 6.45) is -4.06. The Balaban J connectivity index is 1.81. The summed E-state index contributed by atoms with van der Waals surface area (Å²) in [6.45, 7) is 4.39. The van der Waals surface area contributed by atoms with Crippen molar-refractivity contribution in [2.45, 2.75) is 309 Å². The first kappa shape index (κ1) is 74.1. The van der Waals surface area contributed by atoms with E-state index in [2.05, 4.69) is 27.7 Å². The van der Waals surface area contributed by atoms with E-state index < -0.39 is 174 Å². The molecule has 0 aromatic heterocycles. The van der Waals surface area contributed by atoms with E-state index in [-0.39, 0.29) is 13.2 Å². The van der Waals surface area contributed by atoms with E-state index >= 15 is 0 Å². The van der Waals surface area contributed by atoms with Crippen molar-refractivity contribution in [2.75, 3.05) is 39.6 Å². The minimum atomic E-state index is -4.74. The van der Waals surface area contributed by atoms with Crippen LogP contribution in [0.2, 0.25) is 17.7 Å². The van der Waals surface area contributed by atoms with E-state index in [9.17, 15) is 71.5 Å². The molecule has 480 valence electrons. The number of hydrogen-bond donors (Lipinski definition) is 14. The van der Waals surface area contributed by atoms with Crippen molar-refractivity contribution in [3.8, 4) is 0 Å². The van der Waals surface area contributed by atoms with Gasteiger partial charge in [0.05, 0.1) is 0 Å². The monoisotopic (exact) mass is 1390 g/mol. The first-order chi connectivity index (χ1) is 38.9. The van der Waals surface area contributed by atoms with Gasteiger partial charge in [0.1, 0.15) is 0 Å². The molecule has 18 atom stereocenters. The molecule has 0 unspecified atom stereocenters. The van der Waals surface area contributed by atoms with Crippen molar-refractivity contribution in [1.82, 2.24) is 0 Å². The zero-order valence-corrected chi connectivity index (χ0v) is 54.9. The van der Waals surface area contributed by atoms with Gasteiger partial charge in [-0.1, -0.05) is 0 Å². The van der Waals surface area contributed by atoms with Gasteiger partial charge < -0.3 is 0 Å². The summed E-state index contributed by atoms with van der Waals surface area (Å²) >= 11 is -9.47. The summed E-state index contributed by atoms with van der Waals surface area (Å²) in [7, 11) is 0. The van der Waals surface area contributed by atoms with Crippen LogP contribution in [0.5, 0.6) is 0 Å². The molecule has 81 heavy (non-hydrogen) atoms. The maximum absolute atomic E-state index is 11.7. The number of rotatable bonds is 44. The average molecular weight is 1390 g/mol. The third-order valence-electron chi connectivity index (χ3n) is 16.8. The quantitative estimate of drug-likeness (QED) is 0.0308. The zero-order valence-electron chi connectivity index (χ0n) is 49.2. The second-order valence-corrected chi connectivity index (χ2v) is 45.6. The molecule has 4 saturated heterocycles. The predicted molar refractivity (Wildman–Crippen MR) is 300 cm³/mol. The second-order valence-electron chi connectivity index (χ2n) is 23.4. The molecule has 0 radical (unpaired) electrons. The molecule has 4 heterocycles. The summed E-state index contributed by atoms with van der Waals surface area (Å²) in [5.41, 5.74) is 0. The molecule has 0 aromatic rings. The van der Waals surface area contributed by atoms with Gasteiger partial charge >= 0.3 is 495 Å². The van der Waals surface area contributed by atoms with Crippen LogP contribution in [0.15, 0.2) is 0 Å². The Kier molecular flexibility index (Phi) is 35.0. The molecule has 25 heteroatoms.